The first-order valence-electron chi connectivity index (χ1n) is 9.02. The molecule has 0 spiro atoms. The number of nitrogens with zero attached hydrogens (tertiary/aromatic N) is 1. The van der Waals surface area contributed by atoms with E-state index in [-0.39, 0.29) is 19.0 Å². The molecule has 148 valence electrons. The van der Waals surface area contributed by atoms with E-state index < -0.39 is 17.8 Å². The fourth-order valence-corrected chi connectivity index (χ4v) is 3.15. The summed E-state index contributed by atoms with van der Waals surface area (Å²) >= 11 is 0. The smallest absolute Gasteiger partial charge is 0.329 e. The molecule has 2 aromatic carbocycles. The van der Waals surface area contributed by atoms with Crippen LogP contribution in [0, 0.1) is 13.8 Å². The molecule has 1 fully saturated rings. The summed E-state index contributed by atoms with van der Waals surface area (Å²) in [6, 6.07) is 10.2. The van der Waals surface area contributed by atoms with E-state index in [1.807, 2.05) is 32.0 Å². The first-order chi connectivity index (χ1) is 13.9. The van der Waals surface area contributed by atoms with Crippen molar-refractivity contribution in [3.63, 3.8) is 0 Å². The molecule has 0 aromatic heterocycles. The van der Waals surface area contributed by atoms with E-state index in [9.17, 15) is 14.4 Å². The van der Waals surface area contributed by atoms with E-state index in [0.717, 1.165) is 16.0 Å². The summed E-state index contributed by atoms with van der Waals surface area (Å²) in [6.45, 7) is 3.54. The zero-order valence-electron chi connectivity index (χ0n) is 15.9. The van der Waals surface area contributed by atoms with Crippen LogP contribution in [0.5, 0.6) is 11.5 Å². The van der Waals surface area contributed by atoms with Crippen LogP contribution in [-0.4, -0.2) is 36.1 Å². The molecular formula is C21H19N3O5. The van der Waals surface area contributed by atoms with E-state index in [1.165, 1.54) is 0 Å². The van der Waals surface area contributed by atoms with Gasteiger partial charge in [0.2, 0.25) is 12.7 Å². The van der Waals surface area contributed by atoms with Gasteiger partial charge in [-0.3, -0.25) is 9.59 Å². The first kappa shape index (κ1) is 18.5. The normalized spacial score (nSPS) is 16.3. The Kier molecular flexibility index (Phi) is 4.67. The zero-order chi connectivity index (χ0) is 20.5. The van der Waals surface area contributed by atoms with Crippen LogP contribution >= 0.6 is 0 Å². The van der Waals surface area contributed by atoms with Crippen molar-refractivity contribution in [1.82, 2.24) is 10.2 Å². The van der Waals surface area contributed by atoms with E-state index in [2.05, 4.69) is 10.6 Å². The van der Waals surface area contributed by atoms with E-state index in [0.29, 0.717) is 22.7 Å². The molecule has 0 aliphatic carbocycles. The Morgan fingerprint density at radius 2 is 1.93 bits per heavy atom. The van der Waals surface area contributed by atoms with Gasteiger partial charge >= 0.3 is 6.03 Å². The van der Waals surface area contributed by atoms with Crippen molar-refractivity contribution in [2.75, 3.05) is 18.7 Å². The quantitative estimate of drug-likeness (QED) is 0.615. The minimum absolute atomic E-state index is 0.0975. The fourth-order valence-electron chi connectivity index (χ4n) is 3.15. The Labute approximate surface area is 167 Å². The van der Waals surface area contributed by atoms with Crippen LogP contribution in [-0.2, 0) is 9.59 Å². The molecule has 0 atom stereocenters. The molecule has 4 amide bonds. The van der Waals surface area contributed by atoms with Gasteiger partial charge in [0, 0.05) is 5.69 Å². The number of benzene rings is 2. The summed E-state index contributed by atoms with van der Waals surface area (Å²) in [4.78, 5) is 38.0. The van der Waals surface area contributed by atoms with Gasteiger partial charge in [0.15, 0.2) is 11.5 Å². The Hall–Kier alpha value is -3.81. The molecule has 0 bridgehead atoms. The number of anilines is 1. The van der Waals surface area contributed by atoms with Crippen molar-refractivity contribution in [3.8, 4) is 11.5 Å². The van der Waals surface area contributed by atoms with Gasteiger partial charge in [0.05, 0.1) is 0 Å². The standard InChI is InChI=1S/C21H19N3O5/c1-12-4-3-5-15(6-12)22-19(25)10-24-20(26)16(23-21(24)27)8-14-9-18-17(7-13(14)2)28-11-29-18/h3-9H,10-11H2,1-2H3,(H,22,25)(H,23,27)/b16-8+. The highest BCUT2D eigenvalue weighted by Gasteiger charge is 2.35. The van der Waals surface area contributed by atoms with Gasteiger partial charge in [-0.15, -0.1) is 0 Å². The third kappa shape index (κ3) is 3.77. The maximum absolute atomic E-state index is 12.6. The molecule has 2 aliphatic rings. The Morgan fingerprint density at radius 3 is 2.69 bits per heavy atom. The number of hydrogen-bond donors (Lipinski definition) is 2. The minimum atomic E-state index is -0.640. The lowest BCUT2D eigenvalue weighted by Gasteiger charge is -2.12. The average molecular weight is 393 g/mol. The number of carbonyl (C=O) groups is 3. The van der Waals surface area contributed by atoms with Gasteiger partial charge in [-0.05, 0) is 60.9 Å². The van der Waals surface area contributed by atoms with Crippen molar-refractivity contribution in [1.29, 1.82) is 0 Å². The van der Waals surface area contributed by atoms with Crippen LogP contribution in [0.15, 0.2) is 42.1 Å². The summed E-state index contributed by atoms with van der Waals surface area (Å²) < 4.78 is 10.7. The summed E-state index contributed by atoms with van der Waals surface area (Å²) in [5.41, 5.74) is 3.26. The first-order valence-corrected chi connectivity index (χ1v) is 9.02. The lowest BCUT2D eigenvalue weighted by Crippen LogP contribution is -2.38. The second-order valence-electron chi connectivity index (χ2n) is 6.86. The molecule has 0 unspecified atom stereocenters. The topological polar surface area (TPSA) is 97.0 Å². The van der Waals surface area contributed by atoms with Crippen LogP contribution < -0.4 is 20.1 Å². The summed E-state index contributed by atoms with van der Waals surface area (Å²) in [5, 5.41) is 5.21. The number of ether oxygens (including phenoxy) is 2. The van der Waals surface area contributed by atoms with Gasteiger partial charge in [-0.2, -0.15) is 0 Å². The lowest BCUT2D eigenvalue weighted by atomic mass is 10.1. The van der Waals surface area contributed by atoms with Gasteiger partial charge in [0.25, 0.3) is 5.91 Å². The molecule has 2 aliphatic heterocycles. The van der Waals surface area contributed by atoms with Crippen molar-refractivity contribution in [2.24, 2.45) is 0 Å². The number of rotatable bonds is 4. The SMILES string of the molecule is Cc1cccc(NC(=O)CN2C(=O)N/C(=C/c3cc4c(cc3C)OCO4)C2=O)c1. The summed E-state index contributed by atoms with van der Waals surface area (Å²) in [5.74, 6) is 0.195. The maximum Gasteiger partial charge on any atom is 0.329 e. The monoisotopic (exact) mass is 393 g/mol. The summed E-state index contributed by atoms with van der Waals surface area (Å²) in [6.07, 6.45) is 1.57. The van der Waals surface area contributed by atoms with Crippen molar-refractivity contribution in [2.45, 2.75) is 13.8 Å². The Balaban J connectivity index is 1.49. The largest absolute Gasteiger partial charge is 0.454 e. The zero-order valence-corrected chi connectivity index (χ0v) is 15.9. The van der Waals surface area contributed by atoms with Crippen LogP contribution in [0.25, 0.3) is 6.08 Å². The van der Waals surface area contributed by atoms with Crippen LogP contribution in [0.1, 0.15) is 16.7 Å². The maximum atomic E-state index is 12.6. The number of imide groups is 1. The number of fused-ring (bicyclic) bond motifs is 1. The third-order valence-electron chi connectivity index (χ3n) is 4.63. The number of nitrogens with one attached hydrogen (secondary N) is 2. The number of urea groups is 1. The molecule has 1 saturated heterocycles. The van der Waals surface area contributed by atoms with Crippen molar-refractivity contribution in [3.05, 3.63) is 58.8 Å². The average Bonchev–Trinajstić information content (AvgIpc) is 3.21. The van der Waals surface area contributed by atoms with Gasteiger partial charge < -0.3 is 20.1 Å². The highest BCUT2D eigenvalue weighted by molar-refractivity contribution is 6.16. The number of amides is 4. The molecule has 2 aromatic rings. The Bertz CT molecular complexity index is 1060. The molecule has 2 heterocycles. The summed E-state index contributed by atoms with van der Waals surface area (Å²) in [7, 11) is 0. The van der Waals surface area contributed by atoms with Crippen molar-refractivity contribution < 1.29 is 23.9 Å². The van der Waals surface area contributed by atoms with Crippen LogP contribution in [0.3, 0.4) is 0 Å². The number of carbonyl (C=O) groups excluding carboxylic acids is 3. The molecule has 4 rings (SSSR count). The van der Waals surface area contributed by atoms with E-state index >= 15 is 0 Å². The predicted octanol–water partition coefficient (Wildman–Crippen LogP) is 2.56. The molecule has 8 nitrogen and oxygen atoms in total. The van der Waals surface area contributed by atoms with Crippen molar-refractivity contribution >= 4 is 29.6 Å². The fraction of sp³-hybridized carbons (Fsp3) is 0.190. The minimum Gasteiger partial charge on any atom is -0.454 e. The second-order valence-corrected chi connectivity index (χ2v) is 6.86. The molecule has 0 saturated carbocycles. The molecule has 29 heavy (non-hydrogen) atoms. The van der Waals surface area contributed by atoms with Gasteiger partial charge in [-0.25, -0.2) is 9.69 Å². The predicted molar refractivity (Wildman–Crippen MR) is 105 cm³/mol. The lowest BCUT2D eigenvalue weighted by molar-refractivity contribution is -0.127. The number of hydrogen-bond acceptors (Lipinski definition) is 5. The van der Waals surface area contributed by atoms with Crippen LogP contribution in [0.4, 0.5) is 10.5 Å². The number of aryl methyl sites for hydroxylation is 2. The highest BCUT2D eigenvalue weighted by Crippen LogP contribution is 2.35. The van der Waals surface area contributed by atoms with E-state index in [1.54, 1.807) is 24.3 Å². The highest BCUT2D eigenvalue weighted by atomic mass is 16.7. The van der Waals surface area contributed by atoms with Gasteiger partial charge in [0.1, 0.15) is 12.2 Å². The molecule has 0 radical (unpaired) electrons. The molecule has 8 heteroatoms. The second kappa shape index (κ2) is 7.31. The van der Waals surface area contributed by atoms with Crippen LogP contribution in [0.2, 0.25) is 0 Å². The molecule has 2 N–H and O–H groups in total. The van der Waals surface area contributed by atoms with E-state index in [4.69, 9.17) is 9.47 Å². The third-order valence-corrected chi connectivity index (χ3v) is 4.63. The Morgan fingerprint density at radius 1 is 1.17 bits per heavy atom. The van der Waals surface area contributed by atoms with Gasteiger partial charge in [-0.1, -0.05) is 12.1 Å². The molecular weight excluding hydrogens is 374 g/mol.